The van der Waals surface area contributed by atoms with Crippen LogP contribution in [0.15, 0.2) is 41.3 Å². The van der Waals surface area contributed by atoms with Crippen LogP contribution in [0.1, 0.15) is 18.4 Å². The van der Waals surface area contributed by atoms with Gasteiger partial charge >= 0.3 is 0 Å². The van der Waals surface area contributed by atoms with Crippen molar-refractivity contribution in [3.05, 3.63) is 52.0 Å². The van der Waals surface area contributed by atoms with E-state index in [1.54, 1.807) is 37.3 Å². The smallest absolute Gasteiger partial charge is 0.262 e. The van der Waals surface area contributed by atoms with Crippen molar-refractivity contribution < 1.29 is 17.9 Å². The van der Waals surface area contributed by atoms with Crippen LogP contribution in [0.25, 0.3) is 0 Å². The SMILES string of the molecule is Cc1cc(S(=O)(=O)N2CCCC2)ccc1OCC(=O)Nc1cccc(Cl)c1Cl. The highest BCUT2D eigenvalue weighted by Crippen LogP contribution is 2.30. The van der Waals surface area contributed by atoms with Gasteiger partial charge in [-0.15, -0.1) is 0 Å². The van der Waals surface area contributed by atoms with Crippen molar-refractivity contribution in [2.75, 3.05) is 25.0 Å². The predicted octanol–water partition coefficient (Wildman–Crippen LogP) is 4.10. The van der Waals surface area contributed by atoms with E-state index in [4.69, 9.17) is 27.9 Å². The number of sulfonamides is 1. The van der Waals surface area contributed by atoms with E-state index in [0.29, 0.717) is 35.1 Å². The van der Waals surface area contributed by atoms with Gasteiger partial charge in [-0.05, 0) is 55.7 Å². The van der Waals surface area contributed by atoms with Gasteiger partial charge in [-0.3, -0.25) is 4.79 Å². The third-order valence-corrected chi connectivity index (χ3v) is 7.15. The molecule has 1 amide bonds. The lowest BCUT2D eigenvalue weighted by atomic mass is 10.2. The summed E-state index contributed by atoms with van der Waals surface area (Å²) in [6.07, 6.45) is 1.76. The molecule has 1 aliphatic heterocycles. The molecule has 0 spiro atoms. The third kappa shape index (κ3) is 4.60. The largest absolute Gasteiger partial charge is 0.483 e. The minimum atomic E-state index is -3.49. The van der Waals surface area contributed by atoms with Crippen LogP contribution >= 0.6 is 23.2 Å². The van der Waals surface area contributed by atoms with Crippen molar-refractivity contribution >= 4 is 44.8 Å². The second-order valence-electron chi connectivity index (χ2n) is 6.48. The molecule has 150 valence electrons. The van der Waals surface area contributed by atoms with Gasteiger partial charge < -0.3 is 10.1 Å². The number of rotatable bonds is 6. The number of halogens is 2. The molecule has 0 aliphatic carbocycles. The lowest BCUT2D eigenvalue weighted by Gasteiger charge is -2.17. The van der Waals surface area contributed by atoms with Gasteiger partial charge in [-0.1, -0.05) is 29.3 Å². The Labute approximate surface area is 174 Å². The van der Waals surface area contributed by atoms with Crippen LogP contribution in [0, 0.1) is 6.92 Å². The Morgan fingerprint density at radius 1 is 1.18 bits per heavy atom. The summed E-state index contributed by atoms with van der Waals surface area (Å²) in [5.41, 5.74) is 1.03. The number of anilines is 1. The summed E-state index contributed by atoms with van der Waals surface area (Å²) in [6.45, 7) is 2.59. The molecule has 0 saturated carbocycles. The van der Waals surface area contributed by atoms with Crippen LogP contribution in [-0.4, -0.2) is 38.3 Å². The Balaban J connectivity index is 1.65. The predicted molar refractivity (Wildman–Crippen MR) is 110 cm³/mol. The van der Waals surface area contributed by atoms with Gasteiger partial charge in [0.1, 0.15) is 5.75 Å². The number of ether oxygens (including phenoxy) is 1. The molecule has 0 bridgehead atoms. The van der Waals surface area contributed by atoms with Gasteiger partial charge in [0.05, 0.1) is 20.6 Å². The standard InChI is InChI=1S/C19H20Cl2N2O4S/c1-13-11-14(28(25,26)23-9-2-3-10-23)7-8-17(13)27-12-18(24)22-16-6-4-5-15(20)19(16)21/h4-8,11H,2-3,9-10,12H2,1H3,(H,22,24). The van der Waals surface area contributed by atoms with Gasteiger partial charge in [0, 0.05) is 13.1 Å². The number of aryl methyl sites for hydroxylation is 1. The highest BCUT2D eigenvalue weighted by atomic mass is 35.5. The van der Waals surface area contributed by atoms with Crippen molar-refractivity contribution in [1.82, 2.24) is 4.31 Å². The van der Waals surface area contributed by atoms with E-state index < -0.39 is 15.9 Å². The minimum absolute atomic E-state index is 0.231. The first-order valence-corrected chi connectivity index (χ1v) is 11.0. The molecule has 2 aromatic rings. The van der Waals surface area contributed by atoms with E-state index in [1.807, 2.05) is 0 Å². The lowest BCUT2D eigenvalue weighted by Crippen LogP contribution is -2.27. The van der Waals surface area contributed by atoms with E-state index in [0.717, 1.165) is 12.8 Å². The Kier molecular flexibility index (Phi) is 6.50. The molecule has 1 fully saturated rings. The molecule has 28 heavy (non-hydrogen) atoms. The second kappa shape index (κ2) is 8.69. The Hall–Kier alpha value is -1.80. The number of carbonyl (C=O) groups is 1. The first kappa shape index (κ1) is 20.9. The van der Waals surface area contributed by atoms with Crippen LogP contribution in [0.2, 0.25) is 10.0 Å². The monoisotopic (exact) mass is 442 g/mol. The maximum atomic E-state index is 12.6. The van der Waals surface area contributed by atoms with Gasteiger partial charge in [0.25, 0.3) is 5.91 Å². The zero-order chi connectivity index (χ0) is 20.3. The maximum absolute atomic E-state index is 12.6. The van der Waals surface area contributed by atoms with E-state index in [2.05, 4.69) is 5.32 Å². The van der Waals surface area contributed by atoms with Gasteiger partial charge in [0.15, 0.2) is 6.61 Å². The number of benzene rings is 2. The van der Waals surface area contributed by atoms with Gasteiger partial charge in [0.2, 0.25) is 10.0 Å². The molecule has 1 heterocycles. The molecule has 1 N–H and O–H groups in total. The molecule has 0 aromatic heterocycles. The summed E-state index contributed by atoms with van der Waals surface area (Å²) < 4.78 is 32.3. The maximum Gasteiger partial charge on any atom is 0.262 e. The average Bonchev–Trinajstić information content (AvgIpc) is 3.20. The number of hydrogen-bond donors (Lipinski definition) is 1. The molecule has 6 nitrogen and oxygen atoms in total. The van der Waals surface area contributed by atoms with E-state index in [1.165, 1.54) is 10.4 Å². The van der Waals surface area contributed by atoms with Crippen LogP contribution in [-0.2, 0) is 14.8 Å². The van der Waals surface area contributed by atoms with Gasteiger partial charge in [-0.2, -0.15) is 4.31 Å². The molecule has 2 aromatic carbocycles. The number of nitrogens with one attached hydrogen (secondary N) is 1. The fourth-order valence-corrected chi connectivity index (χ4v) is 4.90. The quantitative estimate of drug-likeness (QED) is 0.730. The van der Waals surface area contributed by atoms with Crippen LogP contribution in [0.5, 0.6) is 5.75 Å². The van der Waals surface area contributed by atoms with Crippen LogP contribution in [0.4, 0.5) is 5.69 Å². The molecule has 0 atom stereocenters. The number of hydrogen-bond acceptors (Lipinski definition) is 4. The van der Waals surface area contributed by atoms with Crippen molar-refractivity contribution in [1.29, 1.82) is 0 Å². The molecule has 3 rings (SSSR count). The van der Waals surface area contributed by atoms with Crippen LogP contribution in [0.3, 0.4) is 0 Å². The summed E-state index contributed by atoms with van der Waals surface area (Å²) in [5, 5.41) is 3.22. The first-order valence-electron chi connectivity index (χ1n) is 8.76. The molecule has 9 heteroatoms. The summed E-state index contributed by atoms with van der Waals surface area (Å²) in [4.78, 5) is 12.4. The van der Waals surface area contributed by atoms with Crippen molar-refractivity contribution in [2.45, 2.75) is 24.7 Å². The molecular formula is C19H20Cl2N2O4S. The molecule has 1 saturated heterocycles. The molecule has 0 radical (unpaired) electrons. The highest BCUT2D eigenvalue weighted by molar-refractivity contribution is 7.89. The zero-order valence-corrected chi connectivity index (χ0v) is 17.6. The zero-order valence-electron chi connectivity index (χ0n) is 15.2. The number of amides is 1. The Morgan fingerprint density at radius 2 is 1.89 bits per heavy atom. The lowest BCUT2D eigenvalue weighted by molar-refractivity contribution is -0.118. The summed E-state index contributed by atoms with van der Waals surface area (Å²) in [7, 11) is -3.49. The molecule has 0 unspecified atom stereocenters. The topological polar surface area (TPSA) is 75.7 Å². The Bertz CT molecular complexity index is 989. The fourth-order valence-electron chi connectivity index (χ4n) is 2.95. The first-order chi connectivity index (χ1) is 13.3. The van der Waals surface area contributed by atoms with Crippen LogP contribution < -0.4 is 10.1 Å². The summed E-state index contributed by atoms with van der Waals surface area (Å²) in [6, 6.07) is 9.56. The number of nitrogens with zero attached hydrogens (tertiary/aromatic N) is 1. The third-order valence-electron chi connectivity index (χ3n) is 4.43. The second-order valence-corrected chi connectivity index (χ2v) is 9.20. The van der Waals surface area contributed by atoms with E-state index in [-0.39, 0.29) is 16.5 Å². The fraction of sp³-hybridized carbons (Fsp3) is 0.316. The normalized spacial score (nSPS) is 14.8. The van der Waals surface area contributed by atoms with E-state index >= 15 is 0 Å². The molecule has 1 aliphatic rings. The average molecular weight is 443 g/mol. The van der Waals surface area contributed by atoms with E-state index in [9.17, 15) is 13.2 Å². The minimum Gasteiger partial charge on any atom is -0.483 e. The van der Waals surface area contributed by atoms with Crippen molar-refractivity contribution in [3.63, 3.8) is 0 Å². The van der Waals surface area contributed by atoms with Crippen molar-refractivity contribution in [3.8, 4) is 5.75 Å². The Morgan fingerprint density at radius 3 is 2.57 bits per heavy atom. The summed E-state index contributed by atoms with van der Waals surface area (Å²) in [5.74, 6) is 0.0324. The van der Waals surface area contributed by atoms with Gasteiger partial charge in [-0.25, -0.2) is 8.42 Å². The van der Waals surface area contributed by atoms with Crippen molar-refractivity contribution in [2.24, 2.45) is 0 Å². The summed E-state index contributed by atoms with van der Waals surface area (Å²) >= 11 is 12.0. The number of carbonyl (C=O) groups excluding carboxylic acids is 1. The highest BCUT2D eigenvalue weighted by Gasteiger charge is 2.27. The molecular weight excluding hydrogens is 423 g/mol.